The predicted molar refractivity (Wildman–Crippen MR) is 87.2 cm³/mol. The Balaban J connectivity index is 2.57. The van der Waals surface area contributed by atoms with Crippen LogP contribution in [0.5, 0.6) is 0 Å². The summed E-state index contributed by atoms with van der Waals surface area (Å²) < 4.78 is 0.426. The molecule has 3 aromatic rings. The molecule has 0 unspecified atom stereocenters. The van der Waals surface area contributed by atoms with Crippen molar-refractivity contribution < 1.29 is 39.6 Å². The Kier molecular flexibility index (Phi) is 3.65. The highest BCUT2D eigenvalue weighted by Crippen LogP contribution is 2.39. The third kappa shape index (κ3) is 2.56. The average molecular weight is 360 g/mol. The summed E-state index contributed by atoms with van der Waals surface area (Å²) in [5.41, 5.74) is -1.18. The summed E-state index contributed by atoms with van der Waals surface area (Å²) in [6, 6.07) is 4.38. The van der Waals surface area contributed by atoms with Crippen molar-refractivity contribution in [3.63, 3.8) is 0 Å². The molecule has 1 aromatic heterocycles. The monoisotopic (exact) mass is 360 g/mol. The standard InChI is InChI=1S/C16H8O8S/c17-13(18)5-1-7-11-8(15(21)22)2-6(14(19)20)4-10(11)25-12(7)9(3-5)16(23)24/h1-4H,(H,17,18)(H,19,20)(H,21,22)(H,23,24). The molecule has 0 spiro atoms. The van der Waals surface area contributed by atoms with Crippen molar-refractivity contribution in [1.29, 1.82) is 0 Å². The number of rotatable bonds is 4. The van der Waals surface area contributed by atoms with Crippen molar-refractivity contribution in [2.24, 2.45) is 0 Å². The van der Waals surface area contributed by atoms with Crippen LogP contribution in [-0.4, -0.2) is 44.3 Å². The molecule has 126 valence electrons. The highest BCUT2D eigenvalue weighted by atomic mass is 32.1. The summed E-state index contributed by atoms with van der Waals surface area (Å²) >= 11 is 0.900. The van der Waals surface area contributed by atoms with Gasteiger partial charge in [-0.3, -0.25) is 0 Å². The van der Waals surface area contributed by atoms with Gasteiger partial charge in [0.05, 0.1) is 27.0 Å². The first-order chi connectivity index (χ1) is 11.7. The van der Waals surface area contributed by atoms with Crippen LogP contribution in [0.15, 0.2) is 24.3 Å². The number of fused-ring (bicyclic) bond motifs is 3. The van der Waals surface area contributed by atoms with Gasteiger partial charge in [0.2, 0.25) is 0 Å². The minimum absolute atomic E-state index is 0.114. The summed E-state index contributed by atoms with van der Waals surface area (Å²) in [7, 11) is 0. The average Bonchev–Trinajstić information content (AvgIpc) is 2.90. The Morgan fingerprint density at radius 2 is 1.20 bits per heavy atom. The van der Waals surface area contributed by atoms with Gasteiger partial charge in [-0.05, 0) is 24.3 Å². The lowest BCUT2D eigenvalue weighted by Gasteiger charge is -2.03. The molecule has 1 heterocycles. The molecule has 8 nitrogen and oxygen atoms in total. The van der Waals surface area contributed by atoms with Crippen LogP contribution in [-0.2, 0) is 0 Å². The van der Waals surface area contributed by atoms with Crippen LogP contribution in [0.2, 0.25) is 0 Å². The van der Waals surface area contributed by atoms with E-state index in [4.69, 9.17) is 5.11 Å². The molecule has 0 saturated carbocycles. The highest BCUT2D eigenvalue weighted by molar-refractivity contribution is 7.26. The quantitative estimate of drug-likeness (QED) is 0.555. The van der Waals surface area contributed by atoms with Crippen molar-refractivity contribution in [2.45, 2.75) is 0 Å². The van der Waals surface area contributed by atoms with Crippen molar-refractivity contribution >= 4 is 55.4 Å². The lowest BCUT2D eigenvalue weighted by Crippen LogP contribution is -2.04. The second-order valence-electron chi connectivity index (χ2n) is 5.12. The van der Waals surface area contributed by atoms with E-state index in [1.165, 1.54) is 12.1 Å². The number of carboxylic acids is 4. The molecule has 3 rings (SSSR count). The van der Waals surface area contributed by atoms with E-state index < -0.39 is 23.9 Å². The maximum atomic E-state index is 11.5. The molecular formula is C16H8O8S. The molecular weight excluding hydrogens is 352 g/mol. The molecule has 0 radical (unpaired) electrons. The number of carboxylic acid groups (broad SMARTS) is 4. The van der Waals surface area contributed by atoms with E-state index in [0.29, 0.717) is 0 Å². The van der Waals surface area contributed by atoms with Crippen molar-refractivity contribution in [2.75, 3.05) is 0 Å². The van der Waals surface area contributed by atoms with Gasteiger partial charge in [-0.25, -0.2) is 19.2 Å². The molecule has 2 aromatic carbocycles. The van der Waals surface area contributed by atoms with E-state index in [0.717, 1.165) is 23.5 Å². The van der Waals surface area contributed by atoms with Gasteiger partial charge in [0.25, 0.3) is 0 Å². The lowest BCUT2D eigenvalue weighted by molar-refractivity contribution is 0.0678. The molecule has 0 aliphatic heterocycles. The largest absolute Gasteiger partial charge is 0.478 e. The number of hydrogen-bond acceptors (Lipinski definition) is 5. The zero-order valence-corrected chi connectivity index (χ0v) is 13.0. The van der Waals surface area contributed by atoms with Gasteiger partial charge in [-0.1, -0.05) is 0 Å². The van der Waals surface area contributed by atoms with Crippen LogP contribution in [0.4, 0.5) is 0 Å². The molecule has 0 bridgehead atoms. The fourth-order valence-electron chi connectivity index (χ4n) is 2.58. The minimum Gasteiger partial charge on any atom is -0.478 e. The first kappa shape index (κ1) is 16.4. The maximum absolute atomic E-state index is 11.5. The van der Waals surface area contributed by atoms with Gasteiger partial charge in [0.1, 0.15) is 0 Å². The second-order valence-corrected chi connectivity index (χ2v) is 6.17. The maximum Gasteiger partial charge on any atom is 0.337 e. The smallest absolute Gasteiger partial charge is 0.337 e. The Labute approximate surface area is 142 Å². The van der Waals surface area contributed by atoms with Crippen LogP contribution in [0.1, 0.15) is 41.4 Å². The number of aromatic carboxylic acids is 4. The van der Waals surface area contributed by atoms with Gasteiger partial charge < -0.3 is 20.4 Å². The second kappa shape index (κ2) is 5.56. The summed E-state index contributed by atoms with van der Waals surface area (Å²) in [5.74, 6) is -5.45. The zero-order valence-electron chi connectivity index (χ0n) is 12.1. The van der Waals surface area contributed by atoms with Crippen LogP contribution < -0.4 is 0 Å². The molecule has 0 aliphatic carbocycles. The van der Waals surface area contributed by atoms with E-state index >= 15 is 0 Å². The number of benzene rings is 2. The molecule has 9 heteroatoms. The molecule has 25 heavy (non-hydrogen) atoms. The molecule has 0 fully saturated rings. The van der Waals surface area contributed by atoms with Crippen molar-refractivity contribution in [3.8, 4) is 0 Å². The van der Waals surface area contributed by atoms with E-state index in [-0.39, 0.29) is 42.4 Å². The van der Waals surface area contributed by atoms with Gasteiger partial charge >= 0.3 is 23.9 Å². The molecule has 0 saturated heterocycles. The number of thiophene rings is 1. The summed E-state index contributed by atoms with van der Waals surface area (Å²) in [5, 5.41) is 37.3. The third-order valence-corrected chi connectivity index (χ3v) is 4.81. The van der Waals surface area contributed by atoms with Crippen LogP contribution >= 0.6 is 11.3 Å². The normalized spacial score (nSPS) is 10.9. The SMILES string of the molecule is O=C(O)c1cc(C(=O)O)c2c(c1)sc1c(C(=O)O)cc(C(=O)O)cc12. The zero-order chi connectivity index (χ0) is 18.5. The first-order valence-corrected chi connectivity index (χ1v) is 7.50. The van der Waals surface area contributed by atoms with E-state index in [9.17, 15) is 34.5 Å². The Morgan fingerprint density at radius 3 is 1.72 bits per heavy atom. The Bertz CT molecular complexity index is 1110. The van der Waals surface area contributed by atoms with Gasteiger partial charge in [0.15, 0.2) is 0 Å². The highest BCUT2D eigenvalue weighted by Gasteiger charge is 2.22. The molecule has 0 amide bonds. The summed E-state index contributed by atoms with van der Waals surface area (Å²) in [6.45, 7) is 0. The van der Waals surface area contributed by atoms with E-state index in [1.807, 2.05) is 0 Å². The number of hydrogen-bond donors (Lipinski definition) is 4. The summed E-state index contributed by atoms with van der Waals surface area (Å²) in [4.78, 5) is 45.5. The summed E-state index contributed by atoms with van der Waals surface area (Å²) in [6.07, 6.45) is 0. The topological polar surface area (TPSA) is 149 Å². The number of carbonyl (C=O) groups is 4. The first-order valence-electron chi connectivity index (χ1n) is 6.68. The van der Waals surface area contributed by atoms with Crippen molar-refractivity contribution in [3.05, 3.63) is 46.5 Å². The van der Waals surface area contributed by atoms with Crippen LogP contribution in [0.3, 0.4) is 0 Å². The van der Waals surface area contributed by atoms with Crippen molar-refractivity contribution in [1.82, 2.24) is 0 Å². The molecule has 0 atom stereocenters. The van der Waals surface area contributed by atoms with E-state index in [2.05, 4.69) is 0 Å². The fourth-order valence-corrected chi connectivity index (χ4v) is 3.84. The van der Waals surface area contributed by atoms with Crippen LogP contribution in [0.25, 0.3) is 20.2 Å². The molecule has 0 aliphatic rings. The predicted octanol–water partition coefficient (Wildman–Crippen LogP) is 2.85. The van der Waals surface area contributed by atoms with E-state index in [1.54, 1.807) is 0 Å². The van der Waals surface area contributed by atoms with Gasteiger partial charge in [-0.15, -0.1) is 11.3 Å². The van der Waals surface area contributed by atoms with Gasteiger partial charge in [-0.2, -0.15) is 0 Å². The Hall–Kier alpha value is -3.46. The Morgan fingerprint density at radius 1 is 0.680 bits per heavy atom. The third-order valence-electron chi connectivity index (χ3n) is 3.63. The molecule has 4 N–H and O–H groups in total. The lowest BCUT2D eigenvalue weighted by atomic mass is 10.00. The minimum atomic E-state index is -1.40. The van der Waals surface area contributed by atoms with Crippen LogP contribution in [0, 0.1) is 0 Å². The van der Waals surface area contributed by atoms with Gasteiger partial charge in [0, 0.05) is 15.5 Å². The fraction of sp³-hybridized carbons (Fsp3) is 0.